The van der Waals surface area contributed by atoms with Crippen molar-refractivity contribution in [2.75, 3.05) is 14.1 Å². The normalized spacial score (nSPS) is 15.3. The second kappa shape index (κ2) is 6.84. The minimum atomic E-state index is -1.30. The smallest absolute Gasteiger partial charge is 0.186 e. The number of ketones is 1. The van der Waals surface area contributed by atoms with Crippen molar-refractivity contribution in [3.05, 3.63) is 71.8 Å². The molecule has 0 spiro atoms. The molecule has 22 heavy (non-hydrogen) atoms. The van der Waals surface area contributed by atoms with E-state index in [1.54, 1.807) is 43.3 Å². The minimum absolute atomic E-state index is 0.183. The predicted octanol–water partition coefficient (Wildman–Crippen LogP) is 3.77. The van der Waals surface area contributed by atoms with Gasteiger partial charge in [-0.25, -0.2) is 4.39 Å². The SMILES string of the molecule is CC(F)C(Cc1ccccc1)(C(=O)c1ccccc1)N(C)C. The summed E-state index contributed by atoms with van der Waals surface area (Å²) >= 11 is 0. The van der Waals surface area contributed by atoms with Crippen LogP contribution in [0.5, 0.6) is 0 Å². The van der Waals surface area contributed by atoms with Crippen LogP contribution in [0.4, 0.5) is 4.39 Å². The zero-order valence-corrected chi connectivity index (χ0v) is 13.3. The van der Waals surface area contributed by atoms with Gasteiger partial charge in [0.15, 0.2) is 5.78 Å². The highest BCUT2D eigenvalue weighted by Crippen LogP contribution is 2.29. The van der Waals surface area contributed by atoms with E-state index in [1.807, 2.05) is 36.4 Å². The zero-order valence-electron chi connectivity index (χ0n) is 13.3. The summed E-state index contributed by atoms with van der Waals surface area (Å²) in [4.78, 5) is 14.8. The molecule has 0 heterocycles. The molecule has 0 N–H and O–H groups in total. The van der Waals surface area contributed by atoms with E-state index in [2.05, 4.69) is 0 Å². The van der Waals surface area contributed by atoms with Gasteiger partial charge in [-0.3, -0.25) is 9.69 Å². The van der Waals surface area contributed by atoms with Crippen molar-refractivity contribution in [2.24, 2.45) is 0 Å². The first-order valence-corrected chi connectivity index (χ1v) is 7.43. The Hall–Kier alpha value is -2.00. The molecular weight excluding hydrogens is 277 g/mol. The molecule has 0 aliphatic heterocycles. The molecule has 2 rings (SSSR count). The van der Waals surface area contributed by atoms with Gasteiger partial charge in [-0.2, -0.15) is 0 Å². The fourth-order valence-corrected chi connectivity index (χ4v) is 2.87. The molecule has 2 aromatic rings. The number of rotatable bonds is 6. The molecule has 3 heteroatoms. The number of likely N-dealkylation sites (N-methyl/N-ethyl adjacent to an activating group) is 1. The maximum Gasteiger partial charge on any atom is 0.186 e. The number of hydrogen-bond acceptors (Lipinski definition) is 2. The highest BCUT2D eigenvalue weighted by atomic mass is 19.1. The number of carbonyl (C=O) groups excluding carboxylic acids is 1. The summed E-state index contributed by atoms with van der Waals surface area (Å²) in [6.07, 6.45) is -0.956. The second-order valence-corrected chi connectivity index (χ2v) is 5.79. The van der Waals surface area contributed by atoms with Crippen LogP contribution in [0.3, 0.4) is 0 Å². The molecule has 116 valence electrons. The lowest BCUT2D eigenvalue weighted by Gasteiger charge is -2.40. The van der Waals surface area contributed by atoms with E-state index in [-0.39, 0.29) is 5.78 Å². The molecule has 0 radical (unpaired) electrons. The Morgan fingerprint density at radius 3 is 2.00 bits per heavy atom. The Labute approximate surface area is 131 Å². The zero-order chi connectivity index (χ0) is 16.2. The Morgan fingerprint density at radius 2 is 1.55 bits per heavy atom. The third-order valence-corrected chi connectivity index (χ3v) is 4.20. The fraction of sp³-hybridized carbons (Fsp3) is 0.316. The molecule has 2 nitrogen and oxygen atoms in total. The lowest BCUT2D eigenvalue weighted by atomic mass is 9.79. The summed E-state index contributed by atoms with van der Waals surface area (Å²) in [6, 6.07) is 18.5. The maximum atomic E-state index is 14.6. The molecule has 0 saturated carbocycles. The van der Waals surface area contributed by atoms with E-state index in [0.29, 0.717) is 12.0 Å². The fourth-order valence-electron chi connectivity index (χ4n) is 2.87. The van der Waals surface area contributed by atoms with Gasteiger partial charge < -0.3 is 0 Å². The number of hydrogen-bond donors (Lipinski definition) is 0. The van der Waals surface area contributed by atoms with Crippen molar-refractivity contribution >= 4 is 5.78 Å². The van der Waals surface area contributed by atoms with Crippen LogP contribution < -0.4 is 0 Å². The average molecular weight is 299 g/mol. The molecule has 0 aliphatic carbocycles. The van der Waals surface area contributed by atoms with Crippen molar-refractivity contribution in [1.29, 1.82) is 0 Å². The van der Waals surface area contributed by atoms with Gasteiger partial charge in [-0.15, -0.1) is 0 Å². The predicted molar refractivity (Wildman–Crippen MR) is 87.9 cm³/mol. The lowest BCUT2D eigenvalue weighted by Crippen LogP contribution is -2.58. The first-order valence-electron chi connectivity index (χ1n) is 7.43. The van der Waals surface area contributed by atoms with Gasteiger partial charge >= 0.3 is 0 Å². The highest BCUT2D eigenvalue weighted by Gasteiger charge is 2.46. The van der Waals surface area contributed by atoms with Crippen LogP contribution in [-0.4, -0.2) is 36.5 Å². The Bertz CT molecular complexity index is 600. The van der Waals surface area contributed by atoms with E-state index in [1.165, 1.54) is 6.92 Å². The van der Waals surface area contributed by atoms with Gasteiger partial charge in [-0.05, 0) is 26.6 Å². The van der Waals surface area contributed by atoms with Gasteiger partial charge in [0.1, 0.15) is 11.7 Å². The molecular formula is C19H22FNO. The average Bonchev–Trinajstić information content (AvgIpc) is 2.53. The summed E-state index contributed by atoms with van der Waals surface area (Å²) in [7, 11) is 3.53. The quantitative estimate of drug-likeness (QED) is 0.757. The number of halogens is 1. The summed E-state index contributed by atoms with van der Waals surface area (Å²) in [6.45, 7) is 1.46. The van der Waals surface area contributed by atoms with Gasteiger partial charge in [-0.1, -0.05) is 60.7 Å². The number of alkyl halides is 1. The van der Waals surface area contributed by atoms with Gasteiger partial charge in [0, 0.05) is 12.0 Å². The largest absolute Gasteiger partial charge is 0.294 e. The van der Waals surface area contributed by atoms with Crippen LogP contribution in [0, 0.1) is 0 Å². The van der Waals surface area contributed by atoms with Crippen LogP contribution in [0.1, 0.15) is 22.8 Å². The van der Waals surface area contributed by atoms with Crippen molar-refractivity contribution < 1.29 is 9.18 Å². The Morgan fingerprint density at radius 1 is 1.05 bits per heavy atom. The van der Waals surface area contributed by atoms with Crippen molar-refractivity contribution in [2.45, 2.75) is 25.1 Å². The number of Topliss-reactive ketones (excluding diaryl/α,β-unsaturated/α-hetero) is 1. The third-order valence-electron chi connectivity index (χ3n) is 4.20. The van der Waals surface area contributed by atoms with E-state index >= 15 is 0 Å². The van der Waals surface area contributed by atoms with Gasteiger partial charge in [0.2, 0.25) is 0 Å². The van der Waals surface area contributed by atoms with E-state index in [4.69, 9.17) is 0 Å². The van der Waals surface area contributed by atoms with Gasteiger partial charge in [0.25, 0.3) is 0 Å². The minimum Gasteiger partial charge on any atom is -0.294 e. The number of carbonyl (C=O) groups is 1. The van der Waals surface area contributed by atoms with Gasteiger partial charge in [0.05, 0.1) is 0 Å². The van der Waals surface area contributed by atoms with Crippen molar-refractivity contribution in [3.63, 3.8) is 0 Å². The number of benzene rings is 2. The van der Waals surface area contributed by atoms with Crippen LogP contribution in [-0.2, 0) is 6.42 Å². The summed E-state index contributed by atoms with van der Waals surface area (Å²) < 4.78 is 14.6. The van der Waals surface area contributed by atoms with Crippen LogP contribution in [0.25, 0.3) is 0 Å². The van der Waals surface area contributed by atoms with Crippen LogP contribution in [0.2, 0.25) is 0 Å². The molecule has 2 aromatic carbocycles. The highest BCUT2D eigenvalue weighted by molar-refractivity contribution is 6.04. The van der Waals surface area contributed by atoms with E-state index in [0.717, 1.165) is 5.56 Å². The molecule has 0 bridgehead atoms. The standard InChI is InChI=1S/C19H22FNO/c1-15(20)19(21(2)3,14-16-10-6-4-7-11-16)18(22)17-12-8-5-9-13-17/h4-13,15H,14H2,1-3H3. The number of nitrogens with zero attached hydrogens (tertiary/aromatic N) is 1. The third kappa shape index (κ3) is 3.09. The second-order valence-electron chi connectivity index (χ2n) is 5.79. The molecule has 0 fully saturated rings. The molecule has 0 amide bonds. The topological polar surface area (TPSA) is 20.3 Å². The summed E-state index contributed by atoms with van der Waals surface area (Å²) in [5.74, 6) is -0.183. The van der Waals surface area contributed by atoms with Crippen molar-refractivity contribution in [3.8, 4) is 0 Å². The summed E-state index contributed by atoms with van der Waals surface area (Å²) in [5, 5.41) is 0. The monoisotopic (exact) mass is 299 g/mol. The Kier molecular flexibility index (Phi) is 5.09. The van der Waals surface area contributed by atoms with E-state index < -0.39 is 11.7 Å². The summed E-state index contributed by atoms with van der Waals surface area (Å²) in [5.41, 5.74) is 0.282. The lowest BCUT2D eigenvalue weighted by molar-refractivity contribution is 0.0415. The Balaban J connectivity index is 2.48. The first-order chi connectivity index (χ1) is 10.5. The molecule has 0 saturated heterocycles. The van der Waals surface area contributed by atoms with E-state index in [9.17, 15) is 9.18 Å². The van der Waals surface area contributed by atoms with Crippen molar-refractivity contribution in [1.82, 2.24) is 4.90 Å². The van der Waals surface area contributed by atoms with Crippen LogP contribution >= 0.6 is 0 Å². The van der Waals surface area contributed by atoms with Crippen LogP contribution in [0.15, 0.2) is 60.7 Å². The molecule has 0 aromatic heterocycles. The maximum absolute atomic E-state index is 14.6. The molecule has 0 aliphatic rings. The molecule has 2 atom stereocenters. The first kappa shape index (κ1) is 16.4. The molecule has 2 unspecified atom stereocenters.